The zero-order valence-electron chi connectivity index (χ0n) is 28.4. The summed E-state index contributed by atoms with van der Waals surface area (Å²) in [5, 5.41) is 22.2. The average molecular weight is 702 g/mol. The molecule has 0 aromatic heterocycles. The highest BCUT2D eigenvalue weighted by molar-refractivity contribution is 5.97. The minimum atomic E-state index is -1.61. The Kier molecular flexibility index (Phi) is 16.0. The van der Waals surface area contributed by atoms with E-state index in [1.807, 2.05) is 0 Å². The van der Waals surface area contributed by atoms with Crippen molar-refractivity contribution >= 4 is 53.4 Å². The fourth-order valence-electron chi connectivity index (χ4n) is 5.18. The maximum Gasteiger partial charge on any atom is 0.243 e. The van der Waals surface area contributed by atoms with Crippen molar-refractivity contribution in [3.05, 3.63) is 29.8 Å². The summed E-state index contributed by atoms with van der Waals surface area (Å²) in [6, 6.07) is -0.915. The van der Waals surface area contributed by atoms with Gasteiger partial charge in [0.25, 0.3) is 0 Å². The Morgan fingerprint density at radius 3 is 2.04 bits per heavy atom. The zero-order valence-corrected chi connectivity index (χ0v) is 28.4. The number of rotatable bonds is 10. The number of nitrogens with two attached hydrogens (primary N) is 2. The number of hydrogen-bond acceptors (Lipinski definition) is 10. The lowest BCUT2D eigenvalue weighted by atomic mass is 9.95. The lowest BCUT2D eigenvalue weighted by Crippen LogP contribution is -2.60. The maximum atomic E-state index is 13.8. The lowest BCUT2D eigenvalue weighted by Gasteiger charge is -2.29. The minimum absolute atomic E-state index is 0.0217. The second-order valence-corrected chi connectivity index (χ2v) is 12.5. The first-order valence-corrected chi connectivity index (χ1v) is 16.4. The van der Waals surface area contributed by atoms with Gasteiger partial charge in [-0.3, -0.25) is 38.4 Å². The monoisotopic (exact) mass is 701 g/mol. The van der Waals surface area contributed by atoms with Crippen molar-refractivity contribution in [1.29, 1.82) is 0 Å². The van der Waals surface area contributed by atoms with Gasteiger partial charge in [-0.1, -0.05) is 39.3 Å². The molecule has 1 fully saturated rings. The summed E-state index contributed by atoms with van der Waals surface area (Å²) in [4.78, 5) is 115. The fourth-order valence-corrected chi connectivity index (χ4v) is 5.18. The van der Waals surface area contributed by atoms with Crippen molar-refractivity contribution in [2.45, 2.75) is 102 Å². The SMILES string of the molecule is CCC(C)C1NC(=O)C(Cc2ccc(O)cc2)NC(=O)CC(C)C(=O)CCC(C=O)NC(=O)C(CC(N)=O)NC(=O)C(CCC(N)=O)NC1=O. The standard InChI is InChI=1S/C33H47N7O10/c1-4-17(2)29-33(50)38-22(10-12-26(34)44)30(47)39-24(15-27(35)45)31(48)36-20(16-41)7-11-25(43)18(3)13-28(46)37-23(32(49)40-29)14-19-5-8-21(42)9-6-19/h5-6,8-9,16-18,20,22-24,29,42H,4,7,10-15H2,1-3H3,(H2,34,44)(H2,35,45)(H,36,48)(H,37,46)(H,38,50)(H,39,47)(H,40,49). The molecule has 7 atom stereocenters. The zero-order chi connectivity index (χ0) is 37.5. The van der Waals surface area contributed by atoms with Crippen LogP contribution in [-0.4, -0.2) is 88.7 Å². The molecular weight excluding hydrogens is 654 g/mol. The molecule has 274 valence electrons. The summed E-state index contributed by atoms with van der Waals surface area (Å²) in [5.41, 5.74) is 11.2. The Morgan fingerprint density at radius 2 is 1.46 bits per heavy atom. The van der Waals surface area contributed by atoms with Gasteiger partial charge in [0.15, 0.2) is 0 Å². The molecular formula is C33H47N7O10. The van der Waals surface area contributed by atoms with Gasteiger partial charge in [0.1, 0.15) is 42.0 Å². The normalized spacial score (nSPS) is 25.5. The molecule has 7 amide bonds. The van der Waals surface area contributed by atoms with E-state index in [0.29, 0.717) is 18.3 Å². The van der Waals surface area contributed by atoms with E-state index in [4.69, 9.17) is 11.5 Å². The molecule has 0 radical (unpaired) electrons. The Morgan fingerprint density at radius 1 is 0.860 bits per heavy atom. The number of nitrogens with one attached hydrogen (secondary N) is 5. The van der Waals surface area contributed by atoms with E-state index in [1.165, 1.54) is 19.1 Å². The molecule has 1 heterocycles. The topological polar surface area (TPSA) is 286 Å². The number of hydrogen-bond donors (Lipinski definition) is 8. The summed E-state index contributed by atoms with van der Waals surface area (Å²) in [7, 11) is 0. The molecule has 1 saturated heterocycles. The van der Waals surface area contributed by atoms with Crippen LogP contribution in [0.3, 0.4) is 0 Å². The van der Waals surface area contributed by atoms with Gasteiger partial charge in [0.2, 0.25) is 41.4 Å². The quantitative estimate of drug-likeness (QED) is 0.126. The van der Waals surface area contributed by atoms with Gasteiger partial charge < -0.3 is 48.0 Å². The Bertz CT molecular complexity index is 1430. The van der Waals surface area contributed by atoms with Crippen molar-refractivity contribution in [1.82, 2.24) is 26.6 Å². The van der Waals surface area contributed by atoms with Crippen LogP contribution in [0.25, 0.3) is 0 Å². The van der Waals surface area contributed by atoms with Gasteiger partial charge in [-0.2, -0.15) is 0 Å². The highest BCUT2D eigenvalue weighted by atomic mass is 16.3. The number of primary amides is 2. The van der Waals surface area contributed by atoms with E-state index in [0.717, 1.165) is 0 Å². The molecule has 0 aliphatic carbocycles. The number of ketones is 1. The van der Waals surface area contributed by atoms with Gasteiger partial charge in [-0.05, 0) is 36.5 Å². The third-order valence-electron chi connectivity index (χ3n) is 8.41. The molecule has 2 rings (SSSR count). The average Bonchev–Trinajstić information content (AvgIpc) is 3.05. The van der Waals surface area contributed by atoms with Crippen LogP contribution in [-0.2, 0) is 49.6 Å². The van der Waals surface area contributed by atoms with E-state index in [-0.39, 0.29) is 44.3 Å². The first-order valence-electron chi connectivity index (χ1n) is 16.4. The van der Waals surface area contributed by atoms with E-state index in [1.54, 1.807) is 26.0 Å². The summed E-state index contributed by atoms with van der Waals surface area (Å²) in [5.74, 6) is -7.81. The molecule has 0 saturated carbocycles. The molecule has 10 N–H and O–H groups in total. The second kappa shape index (κ2) is 19.6. The summed E-state index contributed by atoms with van der Waals surface area (Å²) >= 11 is 0. The predicted molar refractivity (Wildman–Crippen MR) is 177 cm³/mol. The summed E-state index contributed by atoms with van der Waals surface area (Å²) < 4.78 is 0. The number of amides is 7. The number of benzene rings is 1. The van der Waals surface area contributed by atoms with Crippen molar-refractivity contribution in [3.8, 4) is 5.75 Å². The molecule has 0 bridgehead atoms. The molecule has 1 aliphatic heterocycles. The van der Waals surface area contributed by atoms with Crippen molar-refractivity contribution < 1.29 is 48.3 Å². The first kappa shape index (κ1) is 40.8. The van der Waals surface area contributed by atoms with Crippen molar-refractivity contribution in [3.63, 3.8) is 0 Å². The first-order chi connectivity index (χ1) is 23.5. The number of aromatic hydroxyl groups is 1. The molecule has 1 aromatic carbocycles. The second-order valence-electron chi connectivity index (χ2n) is 12.5. The molecule has 17 nitrogen and oxygen atoms in total. The molecule has 1 aromatic rings. The van der Waals surface area contributed by atoms with Gasteiger partial charge in [0, 0.05) is 31.6 Å². The number of phenols is 1. The number of aldehydes is 1. The highest BCUT2D eigenvalue weighted by Gasteiger charge is 2.35. The number of carbonyl (C=O) groups excluding carboxylic acids is 9. The van der Waals surface area contributed by atoms with E-state index in [2.05, 4.69) is 26.6 Å². The molecule has 17 heteroatoms. The largest absolute Gasteiger partial charge is 0.508 e. The van der Waals surface area contributed by atoms with Crippen LogP contribution in [0.4, 0.5) is 0 Å². The number of phenolic OH excluding ortho intramolecular Hbond substituents is 1. The van der Waals surface area contributed by atoms with Crippen LogP contribution in [0, 0.1) is 11.8 Å². The maximum absolute atomic E-state index is 13.8. The van der Waals surface area contributed by atoms with Crippen LogP contribution in [0.15, 0.2) is 24.3 Å². The van der Waals surface area contributed by atoms with E-state index >= 15 is 0 Å². The number of Topliss-reactive ketones (excluding diaryl/α,β-unsaturated/α-hetero) is 1. The fraction of sp³-hybridized carbons (Fsp3) is 0.545. The molecule has 1 aliphatic rings. The van der Waals surface area contributed by atoms with Crippen LogP contribution >= 0.6 is 0 Å². The van der Waals surface area contributed by atoms with Crippen LogP contribution in [0.1, 0.15) is 71.3 Å². The summed E-state index contributed by atoms with van der Waals surface area (Å²) in [6.07, 6.45) is -1.41. The smallest absolute Gasteiger partial charge is 0.243 e. The van der Waals surface area contributed by atoms with Crippen molar-refractivity contribution in [2.75, 3.05) is 0 Å². The van der Waals surface area contributed by atoms with Gasteiger partial charge in [0.05, 0.1) is 12.5 Å². The Hall–Kier alpha value is -5.35. The predicted octanol–water partition coefficient (Wildman–Crippen LogP) is -1.87. The van der Waals surface area contributed by atoms with Crippen molar-refractivity contribution in [2.24, 2.45) is 23.3 Å². The van der Waals surface area contributed by atoms with Gasteiger partial charge in [-0.15, -0.1) is 0 Å². The van der Waals surface area contributed by atoms with Crippen LogP contribution in [0.2, 0.25) is 0 Å². The van der Waals surface area contributed by atoms with E-state index < -0.39 is 95.6 Å². The van der Waals surface area contributed by atoms with Gasteiger partial charge in [-0.25, -0.2) is 0 Å². The minimum Gasteiger partial charge on any atom is -0.508 e. The Labute approximate surface area is 289 Å². The van der Waals surface area contributed by atoms with Gasteiger partial charge >= 0.3 is 0 Å². The Balaban J connectivity index is 2.57. The highest BCUT2D eigenvalue weighted by Crippen LogP contribution is 2.15. The van der Waals surface area contributed by atoms with Crippen LogP contribution in [0.5, 0.6) is 5.75 Å². The number of carbonyl (C=O) groups is 9. The lowest BCUT2D eigenvalue weighted by molar-refractivity contribution is -0.136. The summed E-state index contributed by atoms with van der Waals surface area (Å²) in [6.45, 7) is 4.92. The third-order valence-corrected chi connectivity index (χ3v) is 8.41. The van der Waals surface area contributed by atoms with E-state index in [9.17, 15) is 48.3 Å². The molecule has 7 unspecified atom stereocenters. The molecule has 0 spiro atoms. The third kappa shape index (κ3) is 13.3. The van der Waals surface area contributed by atoms with Crippen LogP contribution < -0.4 is 38.1 Å². The molecule has 50 heavy (non-hydrogen) atoms.